The van der Waals surface area contributed by atoms with Gasteiger partial charge in [-0.15, -0.1) is 0 Å². The Balaban J connectivity index is 2.05. The highest BCUT2D eigenvalue weighted by Gasteiger charge is 2.22. The summed E-state index contributed by atoms with van der Waals surface area (Å²) < 4.78 is 0. The van der Waals surface area contributed by atoms with Gasteiger partial charge in [0.25, 0.3) is 5.91 Å². The van der Waals surface area contributed by atoms with Crippen molar-refractivity contribution in [1.29, 1.82) is 0 Å². The van der Waals surface area contributed by atoms with Gasteiger partial charge in [-0.25, -0.2) is 0 Å². The van der Waals surface area contributed by atoms with Gasteiger partial charge in [0.05, 0.1) is 5.56 Å². The molecule has 0 spiro atoms. The Morgan fingerprint density at radius 3 is 2.80 bits per heavy atom. The number of anilines is 2. The molecule has 1 aromatic rings. The van der Waals surface area contributed by atoms with Crippen molar-refractivity contribution in [3.63, 3.8) is 0 Å². The van der Waals surface area contributed by atoms with E-state index in [1.807, 2.05) is 4.90 Å². The van der Waals surface area contributed by atoms with Gasteiger partial charge in [-0.2, -0.15) is 0 Å². The van der Waals surface area contributed by atoms with Gasteiger partial charge >= 0.3 is 0 Å². The monoisotopic (exact) mass is 275 g/mol. The van der Waals surface area contributed by atoms with Crippen LogP contribution in [0.15, 0.2) is 18.2 Å². The molecule has 1 aliphatic rings. The molecule has 1 unspecified atom stereocenters. The summed E-state index contributed by atoms with van der Waals surface area (Å²) in [5.74, 6) is 0.807. The number of amides is 1. The molecule has 4 N–H and O–H groups in total. The molecule has 1 heterocycles. The Morgan fingerprint density at radius 2 is 2.10 bits per heavy atom. The van der Waals surface area contributed by atoms with Crippen molar-refractivity contribution in [3.05, 3.63) is 23.8 Å². The van der Waals surface area contributed by atoms with E-state index in [1.54, 1.807) is 18.2 Å². The van der Waals surface area contributed by atoms with Crippen LogP contribution >= 0.6 is 0 Å². The predicted octanol–water partition coefficient (Wildman–Crippen LogP) is 2.89. The van der Waals surface area contributed by atoms with E-state index in [-0.39, 0.29) is 5.91 Å². The summed E-state index contributed by atoms with van der Waals surface area (Å²) in [7, 11) is 0. The molecule has 1 aromatic carbocycles. The van der Waals surface area contributed by atoms with Gasteiger partial charge in [-0.1, -0.05) is 19.8 Å². The van der Waals surface area contributed by atoms with Crippen LogP contribution in [0.2, 0.25) is 0 Å². The maximum Gasteiger partial charge on any atom is 0.255 e. The summed E-state index contributed by atoms with van der Waals surface area (Å²) >= 11 is 0. The Morgan fingerprint density at radius 1 is 1.30 bits per heavy atom. The lowest BCUT2D eigenvalue weighted by Gasteiger charge is -2.21. The fourth-order valence-electron chi connectivity index (χ4n) is 3.01. The van der Waals surface area contributed by atoms with Crippen molar-refractivity contribution in [2.75, 3.05) is 24.6 Å². The van der Waals surface area contributed by atoms with Gasteiger partial charge in [0.2, 0.25) is 0 Å². The van der Waals surface area contributed by atoms with E-state index in [2.05, 4.69) is 6.92 Å². The average molecular weight is 275 g/mol. The van der Waals surface area contributed by atoms with Crippen molar-refractivity contribution in [3.8, 4) is 0 Å². The molecule has 0 aliphatic carbocycles. The zero-order valence-corrected chi connectivity index (χ0v) is 12.3. The highest BCUT2D eigenvalue weighted by molar-refractivity contribution is 5.99. The van der Waals surface area contributed by atoms with E-state index >= 15 is 0 Å². The molecule has 1 atom stereocenters. The van der Waals surface area contributed by atoms with Crippen molar-refractivity contribution in [1.82, 2.24) is 4.90 Å². The van der Waals surface area contributed by atoms with E-state index in [4.69, 9.17) is 11.5 Å². The van der Waals surface area contributed by atoms with Gasteiger partial charge in [0, 0.05) is 24.5 Å². The molecule has 1 aliphatic heterocycles. The minimum absolute atomic E-state index is 0.0413. The number of hydrogen-bond donors (Lipinski definition) is 2. The summed E-state index contributed by atoms with van der Waals surface area (Å²) in [6, 6.07) is 5.13. The first kappa shape index (κ1) is 14.7. The number of nitrogens with two attached hydrogens (primary N) is 2. The van der Waals surface area contributed by atoms with Crippen LogP contribution in [0.1, 0.15) is 49.4 Å². The van der Waals surface area contributed by atoms with Crippen LogP contribution in [0.3, 0.4) is 0 Å². The smallest absolute Gasteiger partial charge is 0.255 e. The number of nitrogen functional groups attached to an aromatic ring is 2. The molecule has 110 valence electrons. The van der Waals surface area contributed by atoms with Crippen LogP contribution in [-0.4, -0.2) is 23.9 Å². The number of hydrogen-bond acceptors (Lipinski definition) is 3. The second-order valence-corrected chi connectivity index (χ2v) is 5.72. The fourth-order valence-corrected chi connectivity index (χ4v) is 3.01. The summed E-state index contributed by atoms with van der Waals surface area (Å²) in [6.45, 7) is 3.90. The molecule has 2 rings (SSSR count). The van der Waals surface area contributed by atoms with Crippen LogP contribution in [-0.2, 0) is 0 Å². The Kier molecular flexibility index (Phi) is 4.88. The van der Waals surface area contributed by atoms with Crippen LogP contribution in [0.4, 0.5) is 11.4 Å². The van der Waals surface area contributed by atoms with Crippen molar-refractivity contribution in [2.45, 2.75) is 39.0 Å². The topological polar surface area (TPSA) is 72.3 Å². The molecule has 4 nitrogen and oxygen atoms in total. The van der Waals surface area contributed by atoms with E-state index < -0.39 is 0 Å². The lowest BCUT2D eigenvalue weighted by Crippen LogP contribution is -2.32. The zero-order chi connectivity index (χ0) is 14.5. The SMILES string of the molecule is CCCC1CCCN(C(=O)c2ccc(N)cc2N)CC1. The quantitative estimate of drug-likeness (QED) is 0.833. The summed E-state index contributed by atoms with van der Waals surface area (Å²) in [5.41, 5.74) is 13.2. The van der Waals surface area contributed by atoms with Crippen LogP contribution < -0.4 is 11.5 Å². The van der Waals surface area contributed by atoms with Gasteiger partial charge in [0.1, 0.15) is 0 Å². The molecule has 1 saturated heterocycles. The first-order valence-corrected chi connectivity index (χ1v) is 7.56. The van der Waals surface area contributed by atoms with Crippen molar-refractivity contribution in [2.24, 2.45) is 5.92 Å². The second kappa shape index (κ2) is 6.64. The molecule has 0 bridgehead atoms. The third kappa shape index (κ3) is 3.44. The Labute approximate surface area is 121 Å². The molecule has 1 fully saturated rings. The fraction of sp³-hybridized carbons (Fsp3) is 0.562. The molecule has 0 radical (unpaired) electrons. The normalized spacial score (nSPS) is 19.6. The zero-order valence-electron chi connectivity index (χ0n) is 12.3. The number of benzene rings is 1. The molecular weight excluding hydrogens is 250 g/mol. The minimum Gasteiger partial charge on any atom is -0.399 e. The highest BCUT2D eigenvalue weighted by Crippen LogP contribution is 2.24. The summed E-state index contributed by atoms with van der Waals surface area (Å²) in [5, 5.41) is 0. The Bertz CT molecular complexity index is 473. The first-order valence-electron chi connectivity index (χ1n) is 7.56. The van der Waals surface area contributed by atoms with Crippen LogP contribution in [0, 0.1) is 5.92 Å². The van der Waals surface area contributed by atoms with Crippen molar-refractivity contribution >= 4 is 17.3 Å². The van der Waals surface area contributed by atoms with Gasteiger partial charge < -0.3 is 16.4 Å². The first-order chi connectivity index (χ1) is 9.61. The van der Waals surface area contributed by atoms with Crippen LogP contribution in [0.25, 0.3) is 0 Å². The number of carbonyl (C=O) groups excluding carboxylic acids is 1. The number of carbonyl (C=O) groups is 1. The minimum atomic E-state index is 0.0413. The lowest BCUT2D eigenvalue weighted by molar-refractivity contribution is 0.0761. The largest absolute Gasteiger partial charge is 0.399 e. The highest BCUT2D eigenvalue weighted by atomic mass is 16.2. The Hall–Kier alpha value is -1.71. The van der Waals surface area contributed by atoms with E-state index in [1.165, 1.54) is 19.3 Å². The van der Waals surface area contributed by atoms with Crippen molar-refractivity contribution < 1.29 is 4.79 Å². The van der Waals surface area contributed by atoms with Crippen LogP contribution in [0.5, 0.6) is 0 Å². The standard InChI is InChI=1S/C16H25N3O/c1-2-4-12-5-3-9-19(10-8-12)16(20)14-7-6-13(17)11-15(14)18/h6-7,11-12H,2-5,8-10,17-18H2,1H3. The molecule has 4 heteroatoms. The second-order valence-electron chi connectivity index (χ2n) is 5.72. The van der Waals surface area contributed by atoms with Gasteiger partial charge in [0.15, 0.2) is 0 Å². The maximum absolute atomic E-state index is 12.6. The van der Waals surface area contributed by atoms with E-state index in [9.17, 15) is 4.79 Å². The lowest BCUT2D eigenvalue weighted by atomic mass is 9.96. The van der Waals surface area contributed by atoms with Gasteiger partial charge in [-0.3, -0.25) is 4.79 Å². The number of nitrogens with zero attached hydrogens (tertiary/aromatic N) is 1. The molecule has 1 amide bonds. The summed E-state index contributed by atoms with van der Waals surface area (Å²) in [4.78, 5) is 14.5. The van der Waals surface area contributed by atoms with E-state index in [0.29, 0.717) is 16.9 Å². The number of likely N-dealkylation sites (tertiary alicyclic amines) is 1. The molecule has 0 aromatic heterocycles. The molecular formula is C16H25N3O. The summed E-state index contributed by atoms with van der Waals surface area (Å²) in [6.07, 6.45) is 5.92. The van der Waals surface area contributed by atoms with Gasteiger partial charge in [-0.05, 0) is 43.4 Å². The third-order valence-corrected chi connectivity index (χ3v) is 4.14. The molecule has 0 saturated carbocycles. The molecule has 20 heavy (non-hydrogen) atoms. The van der Waals surface area contributed by atoms with E-state index in [0.717, 1.165) is 31.8 Å². The predicted molar refractivity (Wildman–Crippen MR) is 83.4 cm³/mol. The average Bonchev–Trinajstić information content (AvgIpc) is 2.64. The maximum atomic E-state index is 12.6. The third-order valence-electron chi connectivity index (χ3n) is 4.14. The number of rotatable bonds is 3.